The molecule has 2 atom stereocenters. The van der Waals surface area contributed by atoms with Crippen LogP contribution >= 0.6 is 0 Å². The van der Waals surface area contributed by atoms with E-state index in [1.165, 1.54) is 5.56 Å². The number of piperidine rings is 1. The van der Waals surface area contributed by atoms with Crippen LogP contribution in [0.2, 0.25) is 0 Å². The predicted molar refractivity (Wildman–Crippen MR) is 89.0 cm³/mol. The van der Waals surface area contributed by atoms with Crippen molar-refractivity contribution in [2.45, 2.75) is 46.1 Å². The third-order valence-corrected chi connectivity index (χ3v) is 4.47. The molecule has 0 unspecified atom stereocenters. The Morgan fingerprint density at radius 3 is 2.95 bits per heavy atom. The summed E-state index contributed by atoms with van der Waals surface area (Å²) in [6.07, 6.45) is 2.61. The van der Waals surface area contributed by atoms with E-state index in [0.29, 0.717) is 18.9 Å². The molecule has 1 aromatic rings. The molecule has 2 rings (SSSR count). The van der Waals surface area contributed by atoms with Gasteiger partial charge in [0.2, 0.25) is 5.91 Å². The van der Waals surface area contributed by atoms with E-state index in [4.69, 9.17) is 10.5 Å². The molecule has 4 nitrogen and oxygen atoms in total. The first kappa shape index (κ1) is 16.8. The minimum atomic E-state index is 0.154. The van der Waals surface area contributed by atoms with Crippen LogP contribution in [-0.4, -0.2) is 36.5 Å². The summed E-state index contributed by atoms with van der Waals surface area (Å²) in [4.78, 5) is 14.3. The lowest BCUT2D eigenvalue weighted by molar-refractivity contribution is -0.133. The fourth-order valence-corrected chi connectivity index (χ4v) is 2.93. The van der Waals surface area contributed by atoms with Gasteiger partial charge in [0.05, 0.1) is 13.0 Å². The molecule has 1 heterocycles. The van der Waals surface area contributed by atoms with Gasteiger partial charge < -0.3 is 15.4 Å². The van der Waals surface area contributed by atoms with Crippen LogP contribution in [0, 0.1) is 19.8 Å². The monoisotopic (exact) mass is 304 g/mol. The van der Waals surface area contributed by atoms with E-state index < -0.39 is 0 Å². The van der Waals surface area contributed by atoms with Crippen LogP contribution in [0.1, 0.15) is 37.3 Å². The molecule has 122 valence electrons. The highest BCUT2D eigenvalue weighted by Gasteiger charge is 2.25. The van der Waals surface area contributed by atoms with Crippen molar-refractivity contribution in [3.05, 3.63) is 29.3 Å². The maximum Gasteiger partial charge on any atom is 0.226 e. The number of carbonyl (C=O) groups is 1. The van der Waals surface area contributed by atoms with Gasteiger partial charge in [-0.2, -0.15) is 0 Å². The van der Waals surface area contributed by atoms with Gasteiger partial charge in [-0.3, -0.25) is 4.79 Å². The minimum absolute atomic E-state index is 0.154. The Kier molecular flexibility index (Phi) is 5.83. The van der Waals surface area contributed by atoms with Crippen LogP contribution in [-0.2, 0) is 4.79 Å². The Morgan fingerprint density at radius 2 is 2.23 bits per heavy atom. The van der Waals surface area contributed by atoms with Crippen molar-refractivity contribution in [3.8, 4) is 5.75 Å². The fourth-order valence-electron chi connectivity index (χ4n) is 2.93. The highest BCUT2D eigenvalue weighted by atomic mass is 16.5. The summed E-state index contributed by atoms with van der Waals surface area (Å²) in [5.41, 5.74) is 8.25. The number of benzene rings is 1. The van der Waals surface area contributed by atoms with E-state index >= 15 is 0 Å². The molecule has 2 N–H and O–H groups in total. The van der Waals surface area contributed by atoms with Crippen LogP contribution in [0.3, 0.4) is 0 Å². The lowest BCUT2D eigenvalue weighted by atomic mass is 9.92. The van der Waals surface area contributed by atoms with Crippen molar-refractivity contribution in [2.24, 2.45) is 11.7 Å². The maximum absolute atomic E-state index is 12.3. The molecule has 0 spiro atoms. The van der Waals surface area contributed by atoms with Crippen molar-refractivity contribution < 1.29 is 9.53 Å². The molecule has 1 saturated heterocycles. The first-order valence-electron chi connectivity index (χ1n) is 8.21. The molecule has 0 aromatic heterocycles. The van der Waals surface area contributed by atoms with E-state index in [1.807, 2.05) is 37.8 Å². The summed E-state index contributed by atoms with van der Waals surface area (Å²) in [6, 6.07) is 6.29. The molecule has 1 aromatic carbocycles. The van der Waals surface area contributed by atoms with Crippen LogP contribution in [0.25, 0.3) is 0 Å². The molecule has 0 radical (unpaired) electrons. The van der Waals surface area contributed by atoms with E-state index in [-0.39, 0.29) is 11.9 Å². The van der Waals surface area contributed by atoms with Gasteiger partial charge in [0.25, 0.3) is 0 Å². The van der Waals surface area contributed by atoms with Gasteiger partial charge in [-0.1, -0.05) is 12.1 Å². The SMILES string of the molecule is Cc1ccc(C)c(OCCC(=O)N2CCC[C@@H]([C@H](C)N)C2)c1. The average Bonchev–Trinajstić information content (AvgIpc) is 2.50. The van der Waals surface area contributed by atoms with Crippen molar-refractivity contribution in [1.29, 1.82) is 0 Å². The highest BCUT2D eigenvalue weighted by Crippen LogP contribution is 2.21. The summed E-state index contributed by atoms with van der Waals surface area (Å²) in [5.74, 6) is 1.48. The van der Waals surface area contributed by atoms with Gasteiger partial charge in [0, 0.05) is 19.1 Å². The molecular formula is C18H28N2O2. The number of likely N-dealkylation sites (tertiary alicyclic amines) is 1. The van der Waals surface area contributed by atoms with Crippen molar-refractivity contribution in [3.63, 3.8) is 0 Å². The second-order valence-corrected chi connectivity index (χ2v) is 6.47. The average molecular weight is 304 g/mol. The second kappa shape index (κ2) is 7.63. The number of carbonyl (C=O) groups excluding carboxylic acids is 1. The number of ether oxygens (including phenoxy) is 1. The zero-order valence-electron chi connectivity index (χ0n) is 14.0. The summed E-state index contributed by atoms with van der Waals surface area (Å²) < 4.78 is 5.78. The van der Waals surface area contributed by atoms with Crippen LogP contribution in [0.4, 0.5) is 0 Å². The van der Waals surface area contributed by atoms with Gasteiger partial charge >= 0.3 is 0 Å². The highest BCUT2D eigenvalue weighted by molar-refractivity contribution is 5.76. The Morgan fingerprint density at radius 1 is 1.45 bits per heavy atom. The summed E-state index contributed by atoms with van der Waals surface area (Å²) >= 11 is 0. The maximum atomic E-state index is 12.3. The van der Waals surface area contributed by atoms with Crippen molar-refractivity contribution in [2.75, 3.05) is 19.7 Å². The zero-order chi connectivity index (χ0) is 16.1. The van der Waals surface area contributed by atoms with E-state index in [2.05, 4.69) is 6.07 Å². The van der Waals surface area contributed by atoms with Crippen LogP contribution in [0.15, 0.2) is 18.2 Å². The minimum Gasteiger partial charge on any atom is -0.493 e. The van der Waals surface area contributed by atoms with Gasteiger partial charge in [0.15, 0.2) is 0 Å². The third kappa shape index (κ3) is 4.47. The Balaban J connectivity index is 1.81. The smallest absolute Gasteiger partial charge is 0.226 e. The van der Waals surface area contributed by atoms with E-state index in [1.54, 1.807) is 0 Å². The second-order valence-electron chi connectivity index (χ2n) is 6.47. The summed E-state index contributed by atoms with van der Waals surface area (Å²) in [5, 5.41) is 0. The van der Waals surface area contributed by atoms with Gasteiger partial charge in [0.1, 0.15) is 5.75 Å². The Labute approximate surface area is 133 Å². The van der Waals surface area contributed by atoms with Crippen molar-refractivity contribution >= 4 is 5.91 Å². The fraction of sp³-hybridized carbons (Fsp3) is 0.611. The quantitative estimate of drug-likeness (QED) is 0.910. The molecule has 1 fully saturated rings. The van der Waals surface area contributed by atoms with Gasteiger partial charge in [-0.05, 0) is 56.7 Å². The standard InChI is InChI=1S/C18H28N2O2/c1-13-6-7-14(2)17(11-13)22-10-8-18(21)20-9-4-5-16(12-20)15(3)19/h6-7,11,15-16H,4-5,8-10,12,19H2,1-3H3/t15-,16+/m0/s1. The van der Waals surface area contributed by atoms with Crippen molar-refractivity contribution in [1.82, 2.24) is 4.90 Å². The summed E-state index contributed by atoms with van der Waals surface area (Å²) in [6.45, 7) is 8.17. The molecule has 22 heavy (non-hydrogen) atoms. The lowest BCUT2D eigenvalue weighted by Gasteiger charge is -2.34. The number of hydrogen-bond donors (Lipinski definition) is 1. The lowest BCUT2D eigenvalue weighted by Crippen LogP contribution is -2.45. The number of rotatable bonds is 5. The molecule has 1 aliphatic heterocycles. The predicted octanol–water partition coefficient (Wildman–Crippen LogP) is 2.66. The number of nitrogens with two attached hydrogens (primary N) is 1. The van der Waals surface area contributed by atoms with E-state index in [9.17, 15) is 4.79 Å². The molecule has 1 aliphatic rings. The first-order valence-corrected chi connectivity index (χ1v) is 8.21. The summed E-state index contributed by atoms with van der Waals surface area (Å²) in [7, 11) is 0. The van der Waals surface area contributed by atoms with Gasteiger partial charge in [-0.25, -0.2) is 0 Å². The Bertz CT molecular complexity index is 514. The molecular weight excluding hydrogens is 276 g/mol. The van der Waals surface area contributed by atoms with Gasteiger partial charge in [-0.15, -0.1) is 0 Å². The van der Waals surface area contributed by atoms with Crippen LogP contribution < -0.4 is 10.5 Å². The zero-order valence-corrected chi connectivity index (χ0v) is 14.0. The number of nitrogens with zero attached hydrogens (tertiary/aromatic N) is 1. The molecule has 1 amide bonds. The topological polar surface area (TPSA) is 55.6 Å². The molecule has 4 heteroatoms. The number of aryl methyl sites for hydroxylation is 2. The third-order valence-electron chi connectivity index (χ3n) is 4.47. The molecule has 0 bridgehead atoms. The number of amides is 1. The Hall–Kier alpha value is -1.55. The number of hydrogen-bond acceptors (Lipinski definition) is 3. The largest absolute Gasteiger partial charge is 0.493 e. The normalized spacial score (nSPS) is 19.8. The molecule has 0 aliphatic carbocycles. The molecule has 0 saturated carbocycles. The first-order chi connectivity index (χ1) is 10.5. The van der Waals surface area contributed by atoms with E-state index in [0.717, 1.165) is 37.2 Å². The van der Waals surface area contributed by atoms with Crippen LogP contribution in [0.5, 0.6) is 5.75 Å².